The average Bonchev–Trinajstić information content (AvgIpc) is 2.76. The van der Waals surface area contributed by atoms with Crippen molar-refractivity contribution in [2.24, 2.45) is 16.5 Å². The van der Waals surface area contributed by atoms with Crippen LogP contribution >= 0.6 is 0 Å². The second-order valence-electron chi connectivity index (χ2n) is 7.77. The smallest absolute Gasteiger partial charge is 0.388 e. The number of benzene rings is 1. The van der Waals surface area contributed by atoms with Crippen LogP contribution in [0.3, 0.4) is 0 Å². The van der Waals surface area contributed by atoms with E-state index in [0.717, 1.165) is 18.4 Å². The van der Waals surface area contributed by atoms with Crippen LogP contribution in [0.15, 0.2) is 59.2 Å². The minimum Gasteiger partial charge on any atom is -0.388 e. The molecule has 0 aliphatic carbocycles. The van der Waals surface area contributed by atoms with Crippen LogP contribution in [0.2, 0.25) is 0 Å². The van der Waals surface area contributed by atoms with Crippen molar-refractivity contribution in [1.82, 2.24) is 10.6 Å². The van der Waals surface area contributed by atoms with Gasteiger partial charge in [0.1, 0.15) is 6.72 Å². The zero-order chi connectivity index (χ0) is 24.6. The van der Waals surface area contributed by atoms with Crippen molar-refractivity contribution in [3.05, 3.63) is 59.8 Å². The summed E-state index contributed by atoms with van der Waals surface area (Å²) in [6.07, 6.45) is 6.58. The van der Waals surface area contributed by atoms with E-state index < -0.39 is 6.09 Å². The van der Waals surface area contributed by atoms with Crippen LogP contribution in [0, 0.1) is 0 Å². The van der Waals surface area contributed by atoms with Gasteiger partial charge in [0.05, 0.1) is 0 Å². The second kappa shape index (κ2) is 15.2. The van der Waals surface area contributed by atoms with Crippen molar-refractivity contribution < 1.29 is 18.9 Å². The molecular formula is C24H37N6O3+. The number of nitrogens with zero attached hydrogens (tertiary/aromatic N) is 2. The Bertz CT molecular complexity index is 860. The summed E-state index contributed by atoms with van der Waals surface area (Å²) >= 11 is 0. The lowest BCUT2D eigenvalue weighted by Gasteiger charge is -2.13. The maximum Gasteiger partial charge on any atom is 0.412 e. The number of guanidine groups is 1. The van der Waals surface area contributed by atoms with E-state index >= 15 is 0 Å². The van der Waals surface area contributed by atoms with Gasteiger partial charge in [0.2, 0.25) is 0 Å². The zero-order valence-electron chi connectivity index (χ0n) is 19.8. The van der Waals surface area contributed by atoms with E-state index in [-0.39, 0.29) is 30.7 Å². The van der Waals surface area contributed by atoms with Crippen molar-refractivity contribution in [3.63, 3.8) is 0 Å². The first-order valence-electron chi connectivity index (χ1n) is 11.0. The van der Waals surface area contributed by atoms with Crippen LogP contribution in [0.1, 0.15) is 39.2 Å². The fourth-order valence-electron chi connectivity index (χ4n) is 2.92. The molecule has 0 heterocycles. The topological polar surface area (TPSA) is 135 Å². The maximum atomic E-state index is 12.4. The predicted molar refractivity (Wildman–Crippen MR) is 132 cm³/mol. The Morgan fingerprint density at radius 2 is 1.88 bits per heavy atom. The first-order valence-corrected chi connectivity index (χ1v) is 11.0. The highest BCUT2D eigenvalue weighted by Gasteiger charge is 2.12. The number of nitrogens with two attached hydrogens (primary N) is 2. The lowest BCUT2D eigenvalue weighted by Crippen LogP contribution is -2.35. The fraction of sp³-hybridized carbons (Fsp3) is 0.417. The minimum atomic E-state index is -0.529. The van der Waals surface area contributed by atoms with E-state index in [2.05, 4.69) is 22.3 Å². The first kappa shape index (κ1) is 27.4. The summed E-state index contributed by atoms with van der Waals surface area (Å²) in [6.45, 7) is 9.87. The van der Waals surface area contributed by atoms with Gasteiger partial charge in [-0.3, -0.25) is 9.79 Å². The highest BCUT2D eigenvalue weighted by Crippen LogP contribution is 2.04. The molecule has 0 radical (unpaired) electrons. The van der Waals surface area contributed by atoms with Gasteiger partial charge >= 0.3 is 6.09 Å². The number of hydrogen-bond donors (Lipinski definition) is 4. The third kappa shape index (κ3) is 12.7. The number of amides is 2. The Morgan fingerprint density at radius 3 is 2.52 bits per heavy atom. The molecule has 0 aromatic heterocycles. The van der Waals surface area contributed by atoms with Gasteiger partial charge in [0.25, 0.3) is 12.6 Å². The van der Waals surface area contributed by atoms with Crippen LogP contribution in [-0.4, -0.2) is 54.6 Å². The van der Waals surface area contributed by atoms with E-state index in [9.17, 15) is 9.59 Å². The summed E-state index contributed by atoms with van der Waals surface area (Å²) < 4.78 is 6.62. The summed E-state index contributed by atoms with van der Waals surface area (Å²) in [7, 11) is 0. The number of carbonyl (C=O) groups is 2. The average molecular weight is 458 g/mol. The molecule has 1 aromatic carbocycles. The summed E-state index contributed by atoms with van der Waals surface area (Å²) in [5.74, 6) is -0.140. The molecule has 9 nitrogen and oxygen atoms in total. The summed E-state index contributed by atoms with van der Waals surface area (Å²) in [6, 6.07) is 9.78. The highest BCUT2D eigenvalue weighted by atomic mass is 16.6. The Balaban J connectivity index is 2.38. The van der Waals surface area contributed by atoms with E-state index in [1.54, 1.807) is 25.3 Å². The summed E-state index contributed by atoms with van der Waals surface area (Å²) in [5.41, 5.74) is 12.2. The molecule has 2 atom stereocenters. The van der Waals surface area contributed by atoms with Crippen LogP contribution < -0.4 is 22.1 Å². The van der Waals surface area contributed by atoms with Gasteiger partial charge in [0.15, 0.2) is 12.2 Å². The van der Waals surface area contributed by atoms with Gasteiger partial charge in [-0.05, 0) is 45.6 Å². The van der Waals surface area contributed by atoms with Crippen molar-refractivity contribution in [2.75, 3.05) is 13.3 Å². The van der Waals surface area contributed by atoms with Crippen LogP contribution in [-0.2, 0) is 16.0 Å². The second-order valence-corrected chi connectivity index (χ2v) is 7.77. The molecule has 9 heteroatoms. The van der Waals surface area contributed by atoms with Crippen LogP contribution in [0.5, 0.6) is 0 Å². The predicted octanol–water partition coefficient (Wildman–Crippen LogP) is 2.03. The number of hydrogen-bond acceptors (Lipinski definition) is 4. The normalized spacial score (nSPS) is 13.1. The van der Waals surface area contributed by atoms with Gasteiger partial charge in [-0.1, -0.05) is 36.4 Å². The molecule has 1 aromatic rings. The van der Waals surface area contributed by atoms with Crippen molar-refractivity contribution in [3.8, 4) is 0 Å². The molecule has 2 amide bonds. The van der Waals surface area contributed by atoms with Gasteiger partial charge in [-0.2, -0.15) is 4.58 Å². The minimum absolute atomic E-state index is 0.0317. The molecule has 6 N–H and O–H groups in total. The molecule has 0 unspecified atom stereocenters. The molecule has 0 fully saturated rings. The maximum absolute atomic E-state index is 12.4. The van der Waals surface area contributed by atoms with Gasteiger partial charge in [-0.25, -0.2) is 4.79 Å². The Hall–Kier alpha value is -3.62. The van der Waals surface area contributed by atoms with E-state index in [1.807, 2.05) is 44.2 Å². The molecule has 0 saturated heterocycles. The van der Waals surface area contributed by atoms with Crippen molar-refractivity contribution in [2.45, 2.75) is 52.1 Å². The standard InChI is InChI=1S/C24H36N6O3/c1-5-21(22(31)28-18(2)10-9-14-27-23(25)26)13-15-30(4)17-33-24(32)29-19(3)16-20-11-7-6-8-12-20/h5-8,11-13,15,18-19H,4,9-10,14,16-17H2,1-3H3,(H5-,25,26,27,28,29,31,32)/p+1/b15-13-,21-5+/t18-,19+/m1/s1. The largest absolute Gasteiger partial charge is 0.412 e. The third-order valence-electron chi connectivity index (χ3n) is 4.62. The fourth-order valence-corrected chi connectivity index (χ4v) is 2.92. The van der Waals surface area contributed by atoms with Gasteiger partial charge < -0.3 is 26.8 Å². The van der Waals surface area contributed by atoms with Crippen LogP contribution in [0.25, 0.3) is 0 Å². The lowest BCUT2D eigenvalue weighted by atomic mass is 10.1. The molecule has 0 aliphatic heterocycles. The molecular weight excluding hydrogens is 420 g/mol. The molecule has 1 rings (SSSR count). The van der Waals surface area contributed by atoms with Crippen LogP contribution in [0.4, 0.5) is 4.79 Å². The van der Waals surface area contributed by atoms with E-state index in [4.69, 9.17) is 16.2 Å². The Kier molecular flexibility index (Phi) is 12.6. The highest BCUT2D eigenvalue weighted by molar-refractivity contribution is 5.96. The third-order valence-corrected chi connectivity index (χ3v) is 4.62. The molecule has 0 saturated carbocycles. The van der Waals surface area contributed by atoms with Crippen molar-refractivity contribution >= 4 is 24.7 Å². The monoisotopic (exact) mass is 457 g/mol. The zero-order valence-corrected chi connectivity index (χ0v) is 19.8. The molecule has 33 heavy (non-hydrogen) atoms. The number of carbonyl (C=O) groups excluding carboxylic acids is 2. The quantitative estimate of drug-likeness (QED) is 0.0684. The van der Waals surface area contributed by atoms with E-state index in [0.29, 0.717) is 18.5 Å². The number of aliphatic imine (C=N–C) groups is 1. The number of alkyl carbamates (subject to hydrolysis) is 1. The first-order chi connectivity index (χ1) is 15.7. The number of nitrogens with one attached hydrogen (secondary N) is 2. The lowest BCUT2D eigenvalue weighted by molar-refractivity contribution is -0.488. The Morgan fingerprint density at radius 1 is 1.18 bits per heavy atom. The molecule has 0 aliphatic rings. The SMILES string of the molecule is C=[N+](/C=C\C(=C/C)C(=O)N[C@H](C)CCCN=C(N)N)COC(=O)N[C@@H](C)Cc1ccccc1. The molecule has 0 bridgehead atoms. The molecule has 180 valence electrons. The number of ether oxygens (including phenoxy) is 1. The molecule has 0 spiro atoms. The Labute approximate surface area is 196 Å². The summed E-state index contributed by atoms with van der Waals surface area (Å²) in [4.78, 5) is 28.4. The van der Waals surface area contributed by atoms with Gasteiger partial charge in [-0.15, -0.1) is 0 Å². The van der Waals surface area contributed by atoms with Gasteiger partial charge in [0, 0.05) is 30.3 Å². The number of rotatable bonds is 13. The van der Waals surface area contributed by atoms with Crippen molar-refractivity contribution in [1.29, 1.82) is 0 Å². The number of allylic oxidation sites excluding steroid dienone is 1. The van der Waals surface area contributed by atoms with E-state index in [1.165, 1.54) is 4.58 Å². The summed E-state index contributed by atoms with van der Waals surface area (Å²) in [5, 5.41) is 5.72.